The van der Waals surface area contributed by atoms with Crippen LogP contribution < -0.4 is 4.74 Å². The maximum Gasteiger partial charge on any atom is 0.119 e. The van der Waals surface area contributed by atoms with Gasteiger partial charge in [0.05, 0.1) is 6.61 Å². The van der Waals surface area contributed by atoms with E-state index in [2.05, 4.69) is 25.1 Å². The molecule has 14 heavy (non-hydrogen) atoms. The van der Waals surface area contributed by atoms with E-state index in [4.69, 9.17) is 4.74 Å². The van der Waals surface area contributed by atoms with Crippen molar-refractivity contribution in [2.24, 2.45) is 0 Å². The second kappa shape index (κ2) is 7.19. The molecule has 1 nitrogen and oxygen atoms in total. The molecule has 0 heterocycles. The molecule has 0 atom stereocenters. The molecule has 0 saturated carbocycles. The number of unbranched alkanes of at least 4 members (excludes halogenated alkanes) is 2. The minimum absolute atomic E-state index is 0.807. The molecule has 1 rings (SSSR count). The van der Waals surface area contributed by atoms with Crippen molar-refractivity contribution in [3.8, 4) is 5.75 Å². The highest BCUT2D eigenvalue weighted by molar-refractivity contribution is 5.20. The molecule has 0 spiro atoms. The molecule has 0 fully saturated rings. The number of hydrogen-bond donors (Lipinski definition) is 0. The first-order valence-electron chi connectivity index (χ1n) is 5.13. The molecule has 0 aliphatic rings. The summed E-state index contributed by atoms with van der Waals surface area (Å²) >= 11 is 0. The van der Waals surface area contributed by atoms with E-state index in [-0.39, 0.29) is 0 Å². The first kappa shape index (κ1) is 10.8. The van der Waals surface area contributed by atoms with Crippen LogP contribution >= 0.6 is 0 Å². The fourth-order valence-corrected chi connectivity index (χ4v) is 1.19. The lowest BCUT2D eigenvalue weighted by Crippen LogP contribution is -1.96. The van der Waals surface area contributed by atoms with Gasteiger partial charge < -0.3 is 4.74 Å². The van der Waals surface area contributed by atoms with E-state index < -0.39 is 0 Å². The van der Waals surface area contributed by atoms with Gasteiger partial charge in [-0.1, -0.05) is 24.3 Å². The van der Waals surface area contributed by atoms with Gasteiger partial charge in [-0.2, -0.15) is 0 Å². The van der Waals surface area contributed by atoms with Crippen LogP contribution in [0.5, 0.6) is 5.75 Å². The number of hydrogen-bond acceptors (Lipinski definition) is 1. The summed E-state index contributed by atoms with van der Waals surface area (Å²) in [5.74, 6) is 0.940. The number of ether oxygens (including phenoxy) is 1. The average molecular weight is 189 g/mol. The van der Waals surface area contributed by atoms with E-state index in [1.54, 1.807) is 0 Å². The Kier molecular flexibility index (Phi) is 5.57. The van der Waals surface area contributed by atoms with Crippen LogP contribution in [0.4, 0.5) is 0 Å². The van der Waals surface area contributed by atoms with E-state index >= 15 is 0 Å². The van der Waals surface area contributed by atoms with Crippen molar-refractivity contribution in [1.29, 1.82) is 0 Å². The molecule has 1 radical (unpaired) electrons. The smallest absolute Gasteiger partial charge is 0.119 e. The van der Waals surface area contributed by atoms with Crippen LogP contribution in [0.1, 0.15) is 26.2 Å². The second-order valence-corrected chi connectivity index (χ2v) is 3.15. The van der Waals surface area contributed by atoms with Crippen molar-refractivity contribution < 1.29 is 4.74 Å². The fraction of sp³-hybridized carbons (Fsp3) is 0.385. The molecule has 0 aliphatic carbocycles. The van der Waals surface area contributed by atoms with Crippen LogP contribution in [-0.2, 0) is 0 Å². The number of benzene rings is 1. The highest BCUT2D eigenvalue weighted by Crippen LogP contribution is 2.08. The van der Waals surface area contributed by atoms with E-state index in [9.17, 15) is 0 Å². The highest BCUT2D eigenvalue weighted by Gasteiger charge is 1.90. The third kappa shape index (κ3) is 4.70. The fourth-order valence-electron chi connectivity index (χ4n) is 1.19. The van der Waals surface area contributed by atoms with Crippen LogP contribution in [0.3, 0.4) is 0 Å². The Labute approximate surface area is 86.4 Å². The van der Waals surface area contributed by atoms with Crippen molar-refractivity contribution in [3.05, 3.63) is 42.5 Å². The summed E-state index contributed by atoms with van der Waals surface area (Å²) in [6, 6.07) is 10.6. The minimum atomic E-state index is 0.807. The van der Waals surface area contributed by atoms with E-state index in [1.165, 1.54) is 6.42 Å². The van der Waals surface area contributed by atoms with Crippen molar-refractivity contribution >= 4 is 0 Å². The molecule has 0 N–H and O–H groups in total. The minimum Gasteiger partial charge on any atom is -0.494 e. The van der Waals surface area contributed by atoms with Gasteiger partial charge in [0.2, 0.25) is 0 Å². The largest absolute Gasteiger partial charge is 0.494 e. The van der Waals surface area contributed by atoms with Crippen LogP contribution in [0.25, 0.3) is 0 Å². The first-order chi connectivity index (χ1) is 6.93. The maximum atomic E-state index is 5.54. The monoisotopic (exact) mass is 189 g/mol. The van der Waals surface area contributed by atoms with E-state index in [0.29, 0.717) is 0 Å². The molecule has 1 aromatic carbocycles. The third-order valence-electron chi connectivity index (χ3n) is 1.96. The summed E-state index contributed by atoms with van der Waals surface area (Å²) < 4.78 is 5.54. The molecular weight excluding hydrogens is 172 g/mol. The Morgan fingerprint density at radius 3 is 2.79 bits per heavy atom. The van der Waals surface area contributed by atoms with Crippen LogP contribution in [-0.4, -0.2) is 6.61 Å². The predicted octanol–water partition coefficient (Wildman–Crippen LogP) is 3.61. The Morgan fingerprint density at radius 2 is 2.07 bits per heavy atom. The standard InChI is InChI=1S/C13H17O/c1-2-3-4-5-9-12-14-13-10-7-6-8-11-13/h2-3,7-8,10-11H,4-5,9,12H2,1H3. The van der Waals surface area contributed by atoms with Gasteiger partial charge in [-0.15, -0.1) is 0 Å². The first-order valence-corrected chi connectivity index (χ1v) is 5.13. The molecule has 75 valence electrons. The second-order valence-electron chi connectivity index (χ2n) is 3.15. The quantitative estimate of drug-likeness (QED) is 0.490. The SMILES string of the molecule is CC=CCCCCOc1cc[c]cc1. The van der Waals surface area contributed by atoms with Gasteiger partial charge in [-0.05, 0) is 44.4 Å². The maximum absolute atomic E-state index is 5.54. The predicted molar refractivity (Wildman–Crippen MR) is 59.4 cm³/mol. The number of rotatable bonds is 6. The van der Waals surface area contributed by atoms with Gasteiger partial charge in [0.25, 0.3) is 0 Å². The lowest BCUT2D eigenvalue weighted by Gasteiger charge is -2.04. The van der Waals surface area contributed by atoms with Gasteiger partial charge in [0, 0.05) is 0 Å². The molecule has 1 heteroatoms. The lowest BCUT2D eigenvalue weighted by atomic mass is 10.2. The summed E-state index contributed by atoms with van der Waals surface area (Å²) in [7, 11) is 0. The molecule has 0 amide bonds. The summed E-state index contributed by atoms with van der Waals surface area (Å²) in [4.78, 5) is 0. The van der Waals surface area contributed by atoms with Gasteiger partial charge >= 0.3 is 0 Å². The van der Waals surface area contributed by atoms with Gasteiger partial charge in [0.15, 0.2) is 0 Å². The zero-order valence-electron chi connectivity index (χ0n) is 8.70. The van der Waals surface area contributed by atoms with Crippen LogP contribution in [0, 0.1) is 6.07 Å². The summed E-state index contributed by atoms with van der Waals surface area (Å²) in [6.45, 7) is 2.86. The molecule has 0 unspecified atom stereocenters. The lowest BCUT2D eigenvalue weighted by molar-refractivity contribution is 0.307. The molecule has 0 saturated heterocycles. The Bertz CT molecular complexity index is 251. The topological polar surface area (TPSA) is 9.23 Å². The van der Waals surface area contributed by atoms with Crippen LogP contribution in [0.2, 0.25) is 0 Å². The van der Waals surface area contributed by atoms with E-state index in [1.807, 2.05) is 24.3 Å². The van der Waals surface area contributed by atoms with Crippen molar-refractivity contribution in [2.45, 2.75) is 26.2 Å². The normalized spacial score (nSPS) is 10.6. The molecule has 1 aromatic rings. The summed E-state index contributed by atoms with van der Waals surface area (Å²) in [5.41, 5.74) is 0. The molecule has 0 bridgehead atoms. The third-order valence-corrected chi connectivity index (χ3v) is 1.96. The summed E-state index contributed by atoms with van der Waals surface area (Å²) in [5, 5.41) is 0. The molecule has 0 aromatic heterocycles. The molecule has 0 aliphatic heterocycles. The number of allylic oxidation sites excluding steroid dienone is 2. The summed E-state index contributed by atoms with van der Waals surface area (Å²) in [6.07, 6.45) is 7.75. The van der Waals surface area contributed by atoms with Gasteiger partial charge in [0.1, 0.15) is 5.75 Å². The van der Waals surface area contributed by atoms with Crippen LogP contribution in [0.15, 0.2) is 36.4 Å². The van der Waals surface area contributed by atoms with Crippen molar-refractivity contribution in [1.82, 2.24) is 0 Å². The zero-order valence-corrected chi connectivity index (χ0v) is 8.70. The Balaban J connectivity index is 2.05. The Hall–Kier alpha value is -1.24. The van der Waals surface area contributed by atoms with Crippen molar-refractivity contribution in [2.75, 3.05) is 6.61 Å². The average Bonchev–Trinajstić information content (AvgIpc) is 2.25. The van der Waals surface area contributed by atoms with E-state index in [0.717, 1.165) is 25.2 Å². The van der Waals surface area contributed by atoms with Crippen molar-refractivity contribution in [3.63, 3.8) is 0 Å². The van der Waals surface area contributed by atoms with Gasteiger partial charge in [-0.3, -0.25) is 0 Å². The molecular formula is C13H17O. The highest BCUT2D eigenvalue weighted by atomic mass is 16.5. The Morgan fingerprint density at radius 1 is 1.29 bits per heavy atom. The zero-order chi connectivity index (χ0) is 10.1. The van der Waals surface area contributed by atoms with Gasteiger partial charge in [-0.25, -0.2) is 0 Å².